The summed E-state index contributed by atoms with van der Waals surface area (Å²) in [7, 11) is 1.67. The highest BCUT2D eigenvalue weighted by Gasteiger charge is 2.26. The summed E-state index contributed by atoms with van der Waals surface area (Å²) in [6.07, 6.45) is 38.0. The maximum atomic E-state index is 12.7. The molecule has 1 N–H and O–H groups in total. The summed E-state index contributed by atoms with van der Waals surface area (Å²) in [4.78, 5) is 22.8. The molecule has 0 aromatic carbocycles. The Morgan fingerprint density at radius 2 is 1.02 bits per heavy atom. The van der Waals surface area contributed by atoms with Crippen molar-refractivity contribution >= 4 is 13.8 Å². The molecule has 0 aliphatic carbocycles. The van der Waals surface area contributed by atoms with Crippen LogP contribution in [0.2, 0.25) is 0 Å². The number of phosphoric ester groups is 1. The van der Waals surface area contributed by atoms with Crippen LogP contribution in [0.5, 0.6) is 0 Å². The van der Waals surface area contributed by atoms with Gasteiger partial charge in [-0.15, -0.1) is 0 Å². The minimum atomic E-state index is -4.27. The summed E-state index contributed by atoms with van der Waals surface area (Å²) in [5.41, 5.74) is 0. The molecule has 0 aliphatic heterocycles. The third-order valence-electron chi connectivity index (χ3n) is 9.33. The molecular formula is C42H85NO7P+. The minimum Gasteiger partial charge on any atom is -0.457 e. The van der Waals surface area contributed by atoms with E-state index in [0.717, 1.165) is 38.5 Å². The standard InChI is InChI=1S/C42H84NO7P/c1-6-8-10-12-14-16-18-20-22-23-25-27-29-31-33-35-42(44)50-41(40-49-51(45,46)48-38-36-43(3,4)5)39-47-37-34-32-30-28-26-24-21-19-17-15-13-11-9-7-2/h20,22,41H,6-19,21,23-40H2,1-5H3/p+1. The fourth-order valence-corrected chi connectivity index (χ4v) is 6.70. The molecule has 0 radical (unpaired) electrons. The van der Waals surface area contributed by atoms with Crippen molar-refractivity contribution in [3.63, 3.8) is 0 Å². The molecule has 0 fully saturated rings. The first-order chi connectivity index (χ1) is 24.6. The molecule has 2 unspecified atom stereocenters. The molecule has 0 rings (SSSR count). The Balaban J connectivity index is 4.24. The maximum Gasteiger partial charge on any atom is 0.472 e. The van der Waals surface area contributed by atoms with Crippen LogP contribution in [0.4, 0.5) is 0 Å². The summed E-state index contributed by atoms with van der Waals surface area (Å²) < 4.78 is 35.0. The van der Waals surface area contributed by atoms with Gasteiger partial charge in [-0.2, -0.15) is 0 Å². The van der Waals surface area contributed by atoms with Crippen LogP contribution in [0.1, 0.15) is 194 Å². The number of allylic oxidation sites excluding steroid dienone is 2. The first-order valence-corrected chi connectivity index (χ1v) is 22.9. The van der Waals surface area contributed by atoms with E-state index in [0.29, 0.717) is 24.1 Å². The number of hydrogen-bond acceptors (Lipinski definition) is 6. The molecular weight excluding hydrogens is 661 g/mol. The lowest BCUT2D eigenvalue weighted by atomic mass is 10.0. The first-order valence-electron chi connectivity index (χ1n) is 21.4. The van der Waals surface area contributed by atoms with Crippen molar-refractivity contribution in [3.05, 3.63) is 12.2 Å². The molecule has 0 saturated heterocycles. The van der Waals surface area contributed by atoms with Gasteiger partial charge in [-0.05, 0) is 38.5 Å². The highest BCUT2D eigenvalue weighted by atomic mass is 31.2. The van der Waals surface area contributed by atoms with E-state index in [1.54, 1.807) is 0 Å². The highest BCUT2D eigenvalue weighted by Crippen LogP contribution is 2.43. The molecule has 0 aliphatic rings. The van der Waals surface area contributed by atoms with Gasteiger partial charge in [0.1, 0.15) is 19.3 Å². The van der Waals surface area contributed by atoms with Crippen LogP contribution in [0.15, 0.2) is 12.2 Å². The van der Waals surface area contributed by atoms with Crippen LogP contribution in [-0.4, -0.2) is 75.6 Å². The quantitative estimate of drug-likeness (QED) is 0.0219. The maximum absolute atomic E-state index is 12.7. The number of hydrogen-bond donors (Lipinski definition) is 1. The van der Waals surface area contributed by atoms with Crippen molar-refractivity contribution in [1.29, 1.82) is 0 Å². The molecule has 0 aromatic rings. The van der Waals surface area contributed by atoms with Gasteiger partial charge < -0.3 is 18.9 Å². The number of carbonyl (C=O) groups is 1. The average Bonchev–Trinajstić information content (AvgIpc) is 3.08. The predicted molar refractivity (Wildman–Crippen MR) is 215 cm³/mol. The number of likely N-dealkylation sites (N-methyl/N-ethyl adjacent to an activating group) is 1. The van der Waals surface area contributed by atoms with Gasteiger partial charge in [-0.3, -0.25) is 13.8 Å². The second kappa shape index (κ2) is 36.2. The van der Waals surface area contributed by atoms with Crippen molar-refractivity contribution in [2.75, 3.05) is 54.1 Å². The van der Waals surface area contributed by atoms with Crippen LogP contribution in [0.3, 0.4) is 0 Å². The summed E-state index contributed by atoms with van der Waals surface area (Å²) in [6.45, 7) is 5.64. The lowest BCUT2D eigenvalue weighted by Crippen LogP contribution is -2.37. The number of rotatable bonds is 40. The van der Waals surface area contributed by atoms with E-state index in [-0.39, 0.29) is 25.8 Å². The van der Waals surface area contributed by atoms with Gasteiger partial charge in [0.05, 0.1) is 34.4 Å². The molecule has 2 atom stereocenters. The third kappa shape index (κ3) is 40.3. The van der Waals surface area contributed by atoms with E-state index >= 15 is 0 Å². The molecule has 0 amide bonds. The number of carbonyl (C=O) groups excluding carboxylic acids is 1. The van der Waals surface area contributed by atoms with Crippen LogP contribution >= 0.6 is 7.82 Å². The van der Waals surface area contributed by atoms with E-state index < -0.39 is 13.9 Å². The first kappa shape index (κ1) is 50.2. The summed E-state index contributed by atoms with van der Waals surface area (Å²) in [6, 6.07) is 0. The van der Waals surface area contributed by atoms with Gasteiger partial charge in [-0.25, -0.2) is 4.57 Å². The normalized spacial score (nSPS) is 13.9. The van der Waals surface area contributed by atoms with Crippen molar-refractivity contribution in [1.82, 2.24) is 0 Å². The van der Waals surface area contributed by atoms with Crippen LogP contribution < -0.4 is 0 Å². The minimum absolute atomic E-state index is 0.0901. The zero-order valence-corrected chi connectivity index (χ0v) is 35.3. The van der Waals surface area contributed by atoms with Gasteiger partial charge in [0, 0.05) is 13.0 Å². The van der Waals surface area contributed by atoms with E-state index in [9.17, 15) is 14.3 Å². The molecule has 0 heterocycles. The zero-order valence-electron chi connectivity index (χ0n) is 34.4. The zero-order chi connectivity index (χ0) is 37.7. The van der Waals surface area contributed by atoms with Gasteiger partial charge in [0.25, 0.3) is 0 Å². The summed E-state index contributed by atoms with van der Waals surface area (Å²) in [5, 5.41) is 0. The number of ether oxygens (including phenoxy) is 2. The molecule has 304 valence electrons. The topological polar surface area (TPSA) is 91.3 Å². The molecule has 0 aromatic heterocycles. The van der Waals surface area contributed by atoms with E-state index in [1.165, 1.54) is 135 Å². The number of quaternary nitrogens is 1. The van der Waals surface area contributed by atoms with E-state index in [4.69, 9.17) is 18.5 Å². The Morgan fingerprint density at radius 3 is 1.49 bits per heavy atom. The Labute approximate surface area is 316 Å². The Bertz CT molecular complexity index is 833. The largest absolute Gasteiger partial charge is 0.472 e. The van der Waals surface area contributed by atoms with Crippen molar-refractivity contribution in [2.24, 2.45) is 0 Å². The fourth-order valence-electron chi connectivity index (χ4n) is 5.96. The molecule has 8 nitrogen and oxygen atoms in total. The van der Waals surface area contributed by atoms with Gasteiger partial charge in [-0.1, -0.05) is 161 Å². The number of nitrogens with zero attached hydrogens (tertiary/aromatic N) is 1. The van der Waals surface area contributed by atoms with Gasteiger partial charge in [0.2, 0.25) is 0 Å². The Morgan fingerprint density at radius 1 is 0.588 bits per heavy atom. The van der Waals surface area contributed by atoms with Crippen molar-refractivity contribution in [3.8, 4) is 0 Å². The molecule has 0 saturated carbocycles. The smallest absolute Gasteiger partial charge is 0.457 e. The van der Waals surface area contributed by atoms with E-state index in [1.807, 2.05) is 21.1 Å². The Kier molecular flexibility index (Phi) is 35.7. The van der Waals surface area contributed by atoms with Gasteiger partial charge >= 0.3 is 13.8 Å². The predicted octanol–water partition coefficient (Wildman–Crippen LogP) is 12.3. The van der Waals surface area contributed by atoms with Gasteiger partial charge in [0.15, 0.2) is 0 Å². The highest BCUT2D eigenvalue weighted by molar-refractivity contribution is 7.47. The number of phosphoric acid groups is 1. The van der Waals surface area contributed by atoms with Crippen molar-refractivity contribution in [2.45, 2.75) is 200 Å². The summed E-state index contributed by atoms with van der Waals surface area (Å²) >= 11 is 0. The summed E-state index contributed by atoms with van der Waals surface area (Å²) in [5.74, 6) is -0.319. The van der Waals surface area contributed by atoms with E-state index in [2.05, 4.69) is 26.0 Å². The van der Waals surface area contributed by atoms with Crippen LogP contribution in [0.25, 0.3) is 0 Å². The lowest BCUT2D eigenvalue weighted by Gasteiger charge is -2.24. The third-order valence-corrected chi connectivity index (χ3v) is 10.3. The second-order valence-electron chi connectivity index (χ2n) is 15.7. The number of esters is 1. The van der Waals surface area contributed by atoms with Crippen molar-refractivity contribution < 1.29 is 37.3 Å². The number of unbranched alkanes of at least 4 members (excludes halogenated alkanes) is 24. The average molecular weight is 747 g/mol. The Hall–Kier alpha value is -0.760. The second-order valence-corrected chi connectivity index (χ2v) is 17.2. The molecule has 9 heteroatoms. The monoisotopic (exact) mass is 747 g/mol. The fraction of sp³-hybridized carbons (Fsp3) is 0.929. The van der Waals surface area contributed by atoms with Crippen LogP contribution in [-0.2, 0) is 27.9 Å². The molecule has 51 heavy (non-hydrogen) atoms. The van der Waals surface area contributed by atoms with Crippen LogP contribution in [0, 0.1) is 0 Å². The molecule has 0 bridgehead atoms. The SMILES string of the molecule is CCCCCCCCC=CCCCCCCCC(=O)OC(COCCCCCCCCCCCCCCCC)COP(=O)(O)OCC[N+](C)(C)C. The lowest BCUT2D eigenvalue weighted by molar-refractivity contribution is -0.870. The molecule has 0 spiro atoms.